The summed E-state index contributed by atoms with van der Waals surface area (Å²) in [5, 5.41) is 0. The summed E-state index contributed by atoms with van der Waals surface area (Å²) < 4.78 is 0. The molecule has 0 N–H and O–H groups in total. The number of ketones is 1. The van der Waals surface area contributed by atoms with Crippen LogP contribution < -0.4 is 0 Å². The lowest BCUT2D eigenvalue weighted by Gasteiger charge is -2.01. The number of hydrogen-bond acceptors (Lipinski definition) is 1. The molecule has 0 bridgehead atoms. The lowest BCUT2D eigenvalue weighted by molar-refractivity contribution is -0.119. The van der Waals surface area contributed by atoms with E-state index in [-0.39, 0.29) is 0 Å². The first kappa shape index (κ1) is 21.4. The number of carbonyl (C=O) groups is 1. The fraction of sp³-hybridized carbons (Fsp3) is 0.857. The third-order valence-electron chi connectivity index (χ3n) is 4.29. The molecule has 0 unspecified atom stereocenters. The molecule has 0 saturated heterocycles. The highest BCUT2D eigenvalue weighted by molar-refractivity contribution is 5.78. The van der Waals surface area contributed by atoms with E-state index in [0.29, 0.717) is 5.78 Å². The molecule has 0 aliphatic carbocycles. The maximum absolute atomic E-state index is 11.8. The topological polar surface area (TPSA) is 17.1 Å². The standard InChI is InChI=1S/C21H40O/c1-3-5-7-9-11-13-15-17-19-21(22)20-18-16-14-12-10-8-6-4-2/h13,15H,3-12,14,16-20H2,1-2H3/b15-13-. The second-order valence-electron chi connectivity index (χ2n) is 6.62. The molecule has 0 rings (SSSR count). The van der Waals surface area contributed by atoms with Crippen LogP contribution in [0.5, 0.6) is 0 Å². The Labute approximate surface area is 140 Å². The first-order valence-corrected chi connectivity index (χ1v) is 9.98. The Morgan fingerprint density at radius 3 is 1.73 bits per heavy atom. The average molecular weight is 309 g/mol. The molecule has 0 aromatic carbocycles. The average Bonchev–Trinajstić information content (AvgIpc) is 2.52. The van der Waals surface area contributed by atoms with Gasteiger partial charge in [-0.1, -0.05) is 90.2 Å². The van der Waals surface area contributed by atoms with E-state index in [1.807, 2.05) is 0 Å². The zero-order valence-electron chi connectivity index (χ0n) is 15.4. The smallest absolute Gasteiger partial charge is 0.133 e. The third kappa shape index (κ3) is 17.5. The molecule has 0 saturated carbocycles. The minimum Gasteiger partial charge on any atom is -0.300 e. The Balaban J connectivity index is 3.24. The lowest BCUT2D eigenvalue weighted by atomic mass is 10.0. The minimum atomic E-state index is 0.460. The van der Waals surface area contributed by atoms with E-state index in [9.17, 15) is 4.79 Å². The third-order valence-corrected chi connectivity index (χ3v) is 4.29. The van der Waals surface area contributed by atoms with Crippen LogP contribution in [0.4, 0.5) is 0 Å². The lowest BCUT2D eigenvalue weighted by Crippen LogP contribution is -1.96. The van der Waals surface area contributed by atoms with Crippen molar-refractivity contribution in [2.24, 2.45) is 0 Å². The van der Waals surface area contributed by atoms with E-state index in [1.165, 1.54) is 77.0 Å². The van der Waals surface area contributed by atoms with Crippen molar-refractivity contribution in [3.05, 3.63) is 12.2 Å². The van der Waals surface area contributed by atoms with Gasteiger partial charge in [0.1, 0.15) is 5.78 Å². The van der Waals surface area contributed by atoms with Gasteiger partial charge in [-0.25, -0.2) is 0 Å². The van der Waals surface area contributed by atoms with Gasteiger partial charge in [-0.2, -0.15) is 0 Å². The molecule has 0 spiro atoms. The van der Waals surface area contributed by atoms with Gasteiger partial charge in [0, 0.05) is 12.8 Å². The van der Waals surface area contributed by atoms with E-state index in [4.69, 9.17) is 0 Å². The van der Waals surface area contributed by atoms with Gasteiger partial charge < -0.3 is 0 Å². The van der Waals surface area contributed by atoms with Gasteiger partial charge in [0.25, 0.3) is 0 Å². The van der Waals surface area contributed by atoms with Crippen LogP contribution in [0, 0.1) is 0 Å². The van der Waals surface area contributed by atoms with Crippen LogP contribution in [0.2, 0.25) is 0 Å². The molecule has 0 aliphatic rings. The van der Waals surface area contributed by atoms with Gasteiger partial charge in [-0.15, -0.1) is 0 Å². The second-order valence-corrected chi connectivity index (χ2v) is 6.62. The minimum absolute atomic E-state index is 0.460. The summed E-state index contributed by atoms with van der Waals surface area (Å²) in [7, 11) is 0. The summed E-state index contributed by atoms with van der Waals surface area (Å²) in [6, 6.07) is 0. The summed E-state index contributed by atoms with van der Waals surface area (Å²) in [5.74, 6) is 0.460. The molecule has 1 heteroatoms. The van der Waals surface area contributed by atoms with Crippen molar-refractivity contribution in [2.45, 2.75) is 117 Å². The zero-order chi connectivity index (χ0) is 16.3. The number of rotatable bonds is 17. The Kier molecular flexibility index (Phi) is 18.0. The first-order valence-electron chi connectivity index (χ1n) is 9.98. The van der Waals surface area contributed by atoms with Gasteiger partial charge >= 0.3 is 0 Å². The van der Waals surface area contributed by atoms with Gasteiger partial charge in [-0.3, -0.25) is 4.79 Å². The predicted molar refractivity (Wildman–Crippen MR) is 99.4 cm³/mol. The van der Waals surface area contributed by atoms with Crippen molar-refractivity contribution in [2.75, 3.05) is 0 Å². The Morgan fingerprint density at radius 1 is 0.591 bits per heavy atom. The number of Topliss-reactive ketones (excluding diaryl/α,β-unsaturated/α-hetero) is 1. The summed E-state index contributed by atoms with van der Waals surface area (Å²) in [4.78, 5) is 11.8. The fourth-order valence-corrected chi connectivity index (χ4v) is 2.75. The molecular formula is C21H40O. The van der Waals surface area contributed by atoms with Crippen LogP contribution in [0.3, 0.4) is 0 Å². The van der Waals surface area contributed by atoms with Gasteiger partial charge in [0.2, 0.25) is 0 Å². The molecule has 0 aromatic rings. The molecule has 130 valence electrons. The second kappa shape index (κ2) is 18.5. The van der Waals surface area contributed by atoms with E-state index in [0.717, 1.165) is 25.7 Å². The Hall–Kier alpha value is -0.590. The zero-order valence-corrected chi connectivity index (χ0v) is 15.4. The monoisotopic (exact) mass is 308 g/mol. The highest BCUT2D eigenvalue weighted by atomic mass is 16.1. The molecule has 1 nitrogen and oxygen atoms in total. The number of allylic oxidation sites excluding steroid dienone is 2. The maximum atomic E-state index is 11.8. The van der Waals surface area contributed by atoms with Crippen LogP contribution in [-0.4, -0.2) is 5.78 Å². The molecule has 0 heterocycles. The van der Waals surface area contributed by atoms with E-state index < -0.39 is 0 Å². The van der Waals surface area contributed by atoms with E-state index in [2.05, 4.69) is 26.0 Å². The van der Waals surface area contributed by atoms with Crippen molar-refractivity contribution in [3.8, 4) is 0 Å². The molecule has 0 radical (unpaired) electrons. The van der Waals surface area contributed by atoms with Crippen molar-refractivity contribution in [3.63, 3.8) is 0 Å². The van der Waals surface area contributed by atoms with Crippen molar-refractivity contribution in [1.82, 2.24) is 0 Å². The number of carbonyl (C=O) groups excluding carboxylic acids is 1. The number of hydrogen-bond donors (Lipinski definition) is 0. The highest BCUT2D eigenvalue weighted by Crippen LogP contribution is 2.11. The largest absolute Gasteiger partial charge is 0.300 e. The fourth-order valence-electron chi connectivity index (χ4n) is 2.75. The molecule has 0 aromatic heterocycles. The molecule has 0 aliphatic heterocycles. The summed E-state index contributed by atoms with van der Waals surface area (Å²) in [5.41, 5.74) is 0. The molecule has 0 amide bonds. The summed E-state index contributed by atoms with van der Waals surface area (Å²) in [6.45, 7) is 4.50. The Morgan fingerprint density at radius 2 is 1.09 bits per heavy atom. The van der Waals surface area contributed by atoms with Gasteiger partial charge in [0.15, 0.2) is 0 Å². The first-order chi connectivity index (χ1) is 10.8. The highest BCUT2D eigenvalue weighted by Gasteiger charge is 2.00. The van der Waals surface area contributed by atoms with Crippen molar-refractivity contribution < 1.29 is 4.79 Å². The quantitative estimate of drug-likeness (QED) is 0.202. The predicted octanol–water partition coefficient (Wildman–Crippen LogP) is 7.39. The van der Waals surface area contributed by atoms with Crippen LogP contribution >= 0.6 is 0 Å². The van der Waals surface area contributed by atoms with Gasteiger partial charge in [0.05, 0.1) is 0 Å². The molecular weight excluding hydrogens is 268 g/mol. The molecule has 22 heavy (non-hydrogen) atoms. The maximum Gasteiger partial charge on any atom is 0.133 e. The van der Waals surface area contributed by atoms with Crippen molar-refractivity contribution in [1.29, 1.82) is 0 Å². The van der Waals surface area contributed by atoms with Crippen LogP contribution in [0.15, 0.2) is 12.2 Å². The summed E-state index contributed by atoms with van der Waals surface area (Å²) >= 11 is 0. The van der Waals surface area contributed by atoms with Gasteiger partial charge in [-0.05, 0) is 25.7 Å². The van der Waals surface area contributed by atoms with Crippen LogP contribution in [-0.2, 0) is 4.79 Å². The number of unbranched alkanes of at least 4 members (excludes halogenated alkanes) is 11. The van der Waals surface area contributed by atoms with Crippen molar-refractivity contribution >= 4 is 5.78 Å². The summed E-state index contributed by atoms with van der Waals surface area (Å²) in [6.07, 6.45) is 23.9. The van der Waals surface area contributed by atoms with Crippen LogP contribution in [0.25, 0.3) is 0 Å². The SMILES string of the molecule is CCCCCC/C=C\CCC(=O)CCCCCCCCCC. The molecule has 0 atom stereocenters. The normalized spacial score (nSPS) is 11.4. The van der Waals surface area contributed by atoms with Crippen LogP contribution in [0.1, 0.15) is 117 Å². The van der Waals surface area contributed by atoms with E-state index >= 15 is 0 Å². The van der Waals surface area contributed by atoms with E-state index in [1.54, 1.807) is 0 Å². The molecule has 0 fully saturated rings. The Bertz CT molecular complexity index is 255.